The van der Waals surface area contributed by atoms with E-state index in [1.165, 1.54) is 30.3 Å². The Balaban J connectivity index is 2.38. The molecule has 0 radical (unpaired) electrons. The highest BCUT2D eigenvalue weighted by molar-refractivity contribution is 6.14. The van der Waals surface area contributed by atoms with E-state index in [9.17, 15) is 18.8 Å². The molecule has 0 saturated heterocycles. The van der Waals surface area contributed by atoms with Crippen LogP contribution < -0.4 is 0 Å². The van der Waals surface area contributed by atoms with Gasteiger partial charge >= 0.3 is 17.9 Å². The third-order valence-corrected chi connectivity index (χ3v) is 4.09. The van der Waals surface area contributed by atoms with Crippen molar-refractivity contribution < 1.29 is 33.0 Å². The quantitative estimate of drug-likeness (QED) is 0.502. The molecule has 0 amide bonds. The van der Waals surface area contributed by atoms with Gasteiger partial charge in [0.1, 0.15) is 16.9 Å². The number of carbonyl (C=O) groups is 3. The van der Waals surface area contributed by atoms with Gasteiger partial charge in [0.15, 0.2) is 5.69 Å². The van der Waals surface area contributed by atoms with Gasteiger partial charge in [0, 0.05) is 5.56 Å². The van der Waals surface area contributed by atoms with Crippen molar-refractivity contribution in [1.29, 1.82) is 0 Å². The Morgan fingerprint density at radius 1 is 0.821 bits per heavy atom. The molecular formula is C19H15FN2O6. The number of nitrogens with zero attached hydrogens (tertiary/aromatic N) is 2. The lowest BCUT2D eigenvalue weighted by atomic mass is 10.1. The largest absolute Gasteiger partial charge is 0.465 e. The normalized spacial score (nSPS) is 10.6. The summed E-state index contributed by atoms with van der Waals surface area (Å²) in [5.41, 5.74) is 0.317. The first kappa shape index (κ1) is 19.0. The highest BCUT2D eigenvalue weighted by Gasteiger charge is 2.34. The smallest absolute Gasteiger partial charge is 0.357 e. The maximum absolute atomic E-state index is 13.2. The van der Waals surface area contributed by atoms with Gasteiger partial charge in [-0.1, -0.05) is 0 Å². The zero-order valence-electron chi connectivity index (χ0n) is 15.2. The topological polar surface area (TPSA) is 96.2 Å². The summed E-state index contributed by atoms with van der Waals surface area (Å²) in [6, 6.07) is 8.60. The fourth-order valence-electron chi connectivity index (χ4n) is 2.80. The Labute approximate surface area is 158 Å². The minimum Gasteiger partial charge on any atom is -0.465 e. The second-order valence-corrected chi connectivity index (χ2v) is 5.60. The fourth-order valence-corrected chi connectivity index (χ4v) is 2.80. The summed E-state index contributed by atoms with van der Waals surface area (Å²) in [5.74, 6) is -3.07. The first-order valence-corrected chi connectivity index (χ1v) is 7.99. The highest BCUT2D eigenvalue weighted by Crippen LogP contribution is 2.28. The van der Waals surface area contributed by atoms with Crippen LogP contribution >= 0.6 is 0 Å². The van der Waals surface area contributed by atoms with Crippen LogP contribution in [0.25, 0.3) is 16.8 Å². The summed E-state index contributed by atoms with van der Waals surface area (Å²) in [4.78, 5) is 37.1. The number of ether oxygens (including phenoxy) is 3. The third kappa shape index (κ3) is 3.07. The number of fused-ring (bicyclic) bond motifs is 1. The fraction of sp³-hybridized carbons (Fsp3) is 0.158. The number of rotatable bonds is 4. The van der Waals surface area contributed by atoms with Gasteiger partial charge in [-0.2, -0.15) is 5.10 Å². The number of hydrogen-bond acceptors (Lipinski definition) is 7. The van der Waals surface area contributed by atoms with Crippen molar-refractivity contribution in [1.82, 2.24) is 9.61 Å². The van der Waals surface area contributed by atoms with E-state index < -0.39 is 23.7 Å². The van der Waals surface area contributed by atoms with Crippen molar-refractivity contribution in [3.05, 3.63) is 59.0 Å². The van der Waals surface area contributed by atoms with E-state index in [1.54, 1.807) is 6.07 Å². The Morgan fingerprint density at radius 3 is 1.96 bits per heavy atom. The van der Waals surface area contributed by atoms with Crippen LogP contribution in [0.5, 0.6) is 0 Å². The molecule has 0 N–H and O–H groups in total. The second-order valence-electron chi connectivity index (χ2n) is 5.60. The van der Waals surface area contributed by atoms with Gasteiger partial charge in [0.05, 0.1) is 32.5 Å². The SMILES string of the molecule is COC(=O)c1c(C(=O)OC)c2ccc(-c3ccc(F)cc3)nn2c1C(=O)OC. The van der Waals surface area contributed by atoms with E-state index in [4.69, 9.17) is 14.2 Å². The summed E-state index contributed by atoms with van der Waals surface area (Å²) in [6.45, 7) is 0. The summed E-state index contributed by atoms with van der Waals surface area (Å²) in [7, 11) is 3.39. The molecular weight excluding hydrogens is 371 g/mol. The van der Waals surface area contributed by atoms with Crippen molar-refractivity contribution in [3.63, 3.8) is 0 Å². The van der Waals surface area contributed by atoms with Gasteiger partial charge in [0.25, 0.3) is 0 Å². The molecule has 28 heavy (non-hydrogen) atoms. The molecule has 0 aliphatic carbocycles. The van der Waals surface area contributed by atoms with Crippen molar-refractivity contribution in [3.8, 4) is 11.3 Å². The molecule has 3 rings (SSSR count). The van der Waals surface area contributed by atoms with Gasteiger partial charge in [-0.05, 0) is 36.4 Å². The third-order valence-electron chi connectivity index (χ3n) is 4.09. The lowest BCUT2D eigenvalue weighted by molar-refractivity contribution is 0.0536. The molecule has 2 heterocycles. The van der Waals surface area contributed by atoms with Crippen LogP contribution in [0.4, 0.5) is 4.39 Å². The van der Waals surface area contributed by atoms with Crippen LogP contribution in [-0.2, 0) is 14.2 Å². The van der Waals surface area contributed by atoms with E-state index in [2.05, 4.69) is 5.10 Å². The molecule has 0 aliphatic rings. The minimum absolute atomic E-state index is 0.151. The number of esters is 3. The van der Waals surface area contributed by atoms with E-state index in [0.29, 0.717) is 11.3 Å². The molecule has 0 saturated carbocycles. The van der Waals surface area contributed by atoms with Crippen LogP contribution in [0.1, 0.15) is 31.2 Å². The van der Waals surface area contributed by atoms with Crippen molar-refractivity contribution >= 4 is 23.4 Å². The molecule has 0 bridgehead atoms. The molecule has 0 spiro atoms. The van der Waals surface area contributed by atoms with Gasteiger partial charge in [-0.15, -0.1) is 0 Å². The van der Waals surface area contributed by atoms with E-state index in [0.717, 1.165) is 25.8 Å². The molecule has 2 aromatic heterocycles. The van der Waals surface area contributed by atoms with E-state index in [1.807, 2.05) is 0 Å². The predicted molar refractivity (Wildman–Crippen MR) is 94.6 cm³/mol. The Kier molecular flexibility index (Phi) is 5.08. The summed E-state index contributed by atoms with van der Waals surface area (Å²) in [5, 5.41) is 4.34. The van der Waals surface area contributed by atoms with Gasteiger partial charge in [-0.3, -0.25) is 0 Å². The van der Waals surface area contributed by atoms with Gasteiger partial charge in [-0.25, -0.2) is 23.3 Å². The van der Waals surface area contributed by atoms with Crippen molar-refractivity contribution in [2.75, 3.05) is 21.3 Å². The average Bonchev–Trinajstić information content (AvgIpc) is 3.06. The summed E-state index contributed by atoms with van der Waals surface area (Å²) >= 11 is 0. The van der Waals surface area contributed by atoms with Crippen molar-refractivity contribution in [2.24, 2.45) is 0 Å². The molecule has 0 aliphatic heterocycles. The maximum Gasteiger partial charge on any atom is 0.357 e. The average molecular weight is 386 g/mol. The number of hydrogen-bond donors (Lipinski definition) is 0. The molecule has 0 unspecified atom stereocenters. The number of carbonyl (C=O) groups excluding carboxylic acids is 3. The maximum atomic E-state index is 13.2. The van der Waals surface area contributed by atoms with Crippen LogP contribution in [0.15, 0.2) is 36.4 Å². The first-order chi connectivity index (χ1) is 13.4. The van der Waals surface area contributed by atoms with E-state index in [-0.39, 0.29) is 22.3 Å². The van der Waals surface area contributed by atoms with Gasteiger partial charge in [0.2, 0.25) is 0 Å². The molecule has 9 heteroatoms. The Hall–Kier alpha value is -3.75. The Bertz CT molecular complexity index is 1090. The molecule has 3 aromatic rings. The molecule has 0 fully saturated rings. The van der Waals surface area contributed by atoms with Crippen LogP contribution in [-0.4, -0.2) is 48.9 Å². The summed E-state index contributed by atoms with van der Waals surface area (Å²) in [6.07, 6.45) is 0. The predicted octanol–water partition coefficient (Wildman–Crippen LogP) is 2.50. The number of aromatic nitrogens is 2. The van der Waals surface area contributed by atoms with Crippen LogP contribution in [0.3, 0.4) is 0 Å². The number of halogens is 1. The van der Waals surface area contributed by atoms with E-state index >= 15 is 0 Å². The van der Waals surface area contributed by atoms with Crippen molar-refractivity contribution in [2.45, 2.75) is 0 Å². The van der Waals surface area contributed by atoms with Gasteiger partial charge < -0.3 is 14.2 Å². The lowest BCUT2D eigenvalue weighted by Crippen LogP contribution is -2.16. The molecule has 0 atom stereocenters. The standard InChI is InChI=1S/C19H15FN2O6/c1-26-17(23)14-13-9-8-12(10-4-6-11(20)7-5-10)21-22(13)16(19(25)28-3)15(14)18(24)27-2/h4-9H,1-3H3. The van der Waals surface area contributed by atoms with Crippen LogP contribution in [0.2, 0.25) is 0 Å². The first-order valence-electron chi connectivity index (χ1n) is 7.99. The zero-order chi connectivity index (χ0) is 20.4. The second kappa shape index (κ2) is 7.47. The summed E-state index contributed by atoms with van der Waals surface area (Å²) < 4.78 is 28.5. The Morgan fingerprint density at radius 2 is 1.39 bits per heavy atom. The minimum atomic E-state index is -0.922. The lowest BCUT2D eigenvalue weighted by Gasteiger charge is -2.05. The zero-order valence-corrected chi connectivity index (χ0v) is 15.2. The highest BCUT2D eigenvalue weighted by atomic mass is 19.1. The number of methoxy groups -OCH3 is 3. The monoisotopic (exact) mass is 386 g/mol. The number of benzene rings is 1. The molecule has 144 valence electrons. The molecule has 8 nitrogen and oxygen atoms in total. The molecule has 1 aromatic carbocycles. The van der Waals surface area contributed by atoms with Crippen LogP contribution in [0, 0.1) is 5.82 Å².